The zero-order chi connectivity index (χ0) is 8.97. The van der Waals surface area contributed by atoms with Gasteiger partial charge in [0.1, 0.15) is 0 Å². The molecule has 0 aromatic carbocycles. The zero-order valence-electron chi connectivity index (χ0n) is 7.45. The molecule has 0 spiro atoms. The standard InChI is InChI=1S/C10H15NO/c1-3-7-11-9(4-2)5-6-10(11)8-12/h3,5-6,12H,1,4,7-8H2,2H3. The lowest BCUT2D eigenvalue weighted by atomic mass is 10.3. The maximum atomic E-state index is 9.00. The number of allylic oxidation sites excluding steroid dienone is 1. The third kappa shape index (κ3) is 1.59. The van der Waals surface area contributed by atoms with Crippen LogP contribution in [0, 0.1) is 0 Å². The van der Waals surface area contributed by atoms with Crippen molar-refractivity contribution in [2.24, 2.45) is 0 Å². The van der Waals surface area contributed by atoms with Crippen LogP contribution in [0.2, 0.25) is 0 Å². The van der Waals surface area contributed by atoms with Gasteiger partial charge in [-0.3, -0.25) is 0 Å². The molecule has 0 aliphatic rings. The Labute approximate surface area is 73.1 Å². The fourth-order valence-electron chi connectivity index (χ4n) is 1.37. The number of hydrogen-bond donors (Lipinski definition) is 1. The van der Waals surface area contributed by atoms with Gasteiger partial charge in [-0.15, -0.1) is 6.58 Å². The lowest BCUT2D eigenvalue weighted by molar-refractivity contribution is 0.271. The average molecular weight is 165 g/mol. The number of aliphatic hydroxyl groups excluding tert-OH is 1. The molecule has 66 valence electrons. The van der Waals surface area contributed by atoms with Crippen LogP contribution in [0.4, 0.5) is 0 Å². The topological polar surface area (TPSA) is 25.2 Å². The average Bonchev–Trinajstić information content (AvgIpc) is 2.48. The van der Waals surface area contributed by atoms with Gasteiger partial charge in [-0.1, -0.05) is 13.0 Å². The van der Waals surface area contributed by atoms with Gasteiger partial charge in [0.05, 0.1) is 6.61 Å². The highest BCUT2D eigenvalue weighted by atomic mass is 16.3. The molecule has 0 atom stereocenters. The number of aromatic nitrogens is 1. The summed E-state index contributed by atoms with van der Waals surface area (Å²) in [6.45, 7) is 6.68. The van der Waals surface area contributed by atoms with Gasteiger partial charge < -0.3 is 9.67 Å². The Hall–Kier alpha value is -1.02. The molecule has 1 aromatic rings. The Kier molecular flexibility index (Phi) is 3.11. The lowest BCUT2D eigenvalue weighted by Crippen LogP contribution is -2.04. The van der Waals surface area contributed by atoms with Crippen LogP contribution >= 0.6 is 0 Å². The molecule has 2 nitrogen and oxygen atoms in total. The van der Waals surface area contributed by atoms with E-state index in [1.807, 2.05) is 12.1 Å². The molecular weight excluding hydrogens is 150 g/mol. The van der Waals surface area contributed by atoms with Crippen molar-refractivity contribution in [2.45, 2.75) is 26.5 Å². The summed E-state index contributed by atoms with van der Waals surface area (Å²) in [5, 5.41) is 9.00. The molecule has 2 heteroatoms. The van der Waals surface area contributed by atoms with Gasteiger partial charge in [0.25, 0.3) is 0 Å². The van der Waals surface area contributed by atoms with Gasteiger partial charge in [0.2, 0.25) is 0 Å². The molecule has 0 fully saturated rings. The minimum atomic E-state index is 0.105. The normalized spacial score (nSPS) is 10.2. The first kappa shape index (κ1) is 9.07. The molecule has 0 amide bonds. The highest BCUT2D eigenvalue weighted by Gasteiger charge is 2.03. The van der Waals surface area contributed by atoms with Crippen LogP contribution in [-0.4, -0.2) is 9.67 Å². The molecule has 0 aliphatic heterocycles. The van der Waals surface area contributed by atoms with E-state index in [-0.39, 0.29) is 6.61 Å². The number of aliphatic hydroxyl groups is 1. The van der Waals surface area contributed by atoms with Crippen molar-refractivity contribution in [3.63, 3.8) is 0 Å². The van der Waals surface area contributed by atoms with Crippen LogP contribution in [0.5, 0.6) is 0 Å². The van der Waals surface area contributed by atoms with Gasteiger partial charge in [0, 0.05) is 17.9 Å². The highest BCUT2D eigenvalue weighted by molar-refractivity contribution is 5.16. The Bertz CT molecular complexity index is 241. The Morgan fingerprint density at radius 3 is 2.67 bits per heavy atom. The van der Waals surface area contributed by atoms with E-state index in [0.717, 1.165) is 18.7 Å². The number of nitrogens with zero attached hydrogens (tertiary/aromatic N) is 1. The molecular formula is C10H15NO. The predicted octanol–water partition coefficient (Wildman–Crippen LogP) is 1.73. The van der Waals surface area contributed by atoms with Gasteiger partial charge >= 0.3 is 0 Å². The van der Waals surface area contributed by atoms with E-state index in [1.54, 1.807) is 0 Å². The summed E-state index contributed by atoms with van der Waals surface area (Å²) in [5.74, 6) is 0. The van der Waals surface area contributed by atoms with E-state index in [9.17, 15) is 0 Å². The third-order valence-corrected chi connectivity index (χ3v) is 2.00. The van der Waals surface area contributed by atoms with Gasteiger partial charge in [-0.05, 0) is 18.6 Å². The fraction of sp³-hybridized carbons (Fsp3) is 0.400. The molecule has 12 heavy (non-hydrogen) atoms. The van der Waals surface area contributed by atoms with Crippen LogP contribution < -0.4 is 0 Å². The first-order chi connectivity index (χ1) is 5.83. The molecule has 1 heterocycles. The quantitative estimate of drug-likeness (QED) is 0.675. The fourth-order valence-corrected chi connectivity index (χ4v) is 1.37. The van der Waals surface area contributed by atoms with E-state index in [4.69, 9.17) is 5.11 Å². The summed E-state index contributed by atoms with van der Waals surface area (Å²) >= 11 is 0. The number of hydrogen-bond acceptors (Lipinski definition) is 1. The predicted molar refractivity (Wildman–Crippen MR) is 49.9 cm³/mol. The minimum absolute atomic E-state index is 0.105. The Morgan fingerprint density at radius 1 is 1.50 bits per heavy atom. The highest BCUT2D eigenvalue weighted by Crippen LogP contribution is 2.10. The second kappa shape index (κ2) is 4.12. The maximum absolute atomic E-state index is 9.00. The summed E-state index contributed by atoms with van der Waals surface area (Å²) in [4.78, 5) is 0. The monoisotopic (exact) mass is 165 g/mol. The smallest absolute Gasteiger partial charge is 0.0833 e. The lowest BCUT2D eigenvalue weighted by Gasteiger charge is -2.07. The molecule has 1 N–H and O–H groups in total. The molecule has 0 radical (unpaired) electrons. The van der Waals surface area contributed by atoms with Crippen molar-refractivity contribution in [1.82, 2.24) is 4.57 Å². The maximum Gasteiger partial charge on any atom is 0.0833 e. The molecule has 0 saturated heterocycles. The molecule has 0 saturated carbocycles. The Balaban J connectivity index is 2.98. The molecule has 1 rings (SSSR count). The largest absolute Gasteiger partial charge is 0.390 e. The second-order valence-electron chi connectivity index (χ2n) is 2.73. The molecule has 0 bridgehead atoms. The molecule has 0 aliphatic carbocycles. The van der Waals surface area contributed by atoms with E-state index < -0.39 is 0 Å². The Morgan fingerprint density at radius 2 is 2.17 bits per heavy atom. The van der Waals surface area contributed by atoms with Gasteiger partial charge in [-0.2, -0.15) is 0 Å². The molecule has 0 unspecified atom stereocenters. The van der Waals surface area contributed by atoms with E-state index in [0.29, 0.717) is 0 Å². The third-order valence-electron chi connectivity index (χ3n) is 2.00. The van der Waals surface area contributed by atoms with Crippen molar-refractivity contribution in [2.75, 3.05) is 0 Å². The minimum Gasteiger partial charge on any atom is -0.390 e. The first-order valence-corrected chi connectivity index (χ1v) is 4.22. The summed E-state index contributed by atoms with van der Waals surface area (Å²) < 4.78 is 2.09. The van der Waals surface area contributed by atoms with Crippen LogP contribution in [0.1, 0.15) is 18.3 Å². The first-order valence-electron chi connectivity index (χ1n) is 4.22. The van der Waals surface area contributed by atoms with Crippen molar-refractivity contribution >= 4 is 0 Å². The van der Waals surface area contributed by atoms with Crippen molar-refractivity contribution in [3.05, 3.63) is 36.2 Å². The summed E-state index contributed by atoms with van der Waals surface area (Å²) in [5.41, 5.74) is 2.21. The number of rotatable bonds is 4. The van der Waals surface area contributed by atoms with Gasteiger partial charge in [-0.25, -0.2) is 0 Å². The molecule has 1 aromatic heterocycles. The zero-order valence-corrected chi connectivity index (χ0v) is 7.45. The SMILES string of the molecule is C=CCn1c(CC)ccc1CO. The van der Waals surface area contributed by atoms with Crippen LogP contribution in [-0.2, 0) is 19.6 Å². The van der Waals surface area contributed by atoms with Gasteiger partial charge in [0.15, 0.2) is 0 Å². The number of aryl methyl sites for hydroxylation is 1. The van der Waals surface area contributed by atoms with Crippen molar-refractivity contribution in [3.8, 4) is 0 Å². The van der Waals surface area contributed by atoms with E-state index >= 15 is 0 Å². The van der Waals surface area contributed by atoms with Crippen molar-refractivity contribution < 1.29 is 5.11 Å². The van der Waals surface area contributed by atoms with Crippen LogP contribution in [0.15, 0.2) is 24.8 Å². The van der Waals surface area contributed by atoms with Crippen LogP contribution in [0.3, 0.4) is 0 Å². The second-order valence-corrected chi connectivity index (χ2v) is 2.73. The summed E-state index contributed by atoms with van der Waals surface area (Å²) in [7, 11) is 0. The van der Waals surface area contributed by atoms with Crippen molar-refractivity contribution in [1.29, 1.82) is 0 Å². The van der Waals surface area contributed by atoms with E-state index in [1.165, 1.54) is 5.69 Å². The van der Waals surface area contributed by atoms with Crippen LogP contribution in [0.25, 0.3) is 0 Å². The summed E-state index contributed by atoms with van der Waals surface area (Å²) in [6, 6.07) is 4.01. The van der Waals surface area contributed by atoms with E-state index in [2.05, 4.69) is 24.1 Å². The summed E-state index contributed by atoms with van der Waals surface area (Å²) in [6.07, 6.45) is 2.84.